The summed E-state index contributed by atoms with van der Waals surface area (Å²) < 4.78 is 10.1. The first-order valence-corrected chi connectivity index (χ1v) is 10.3. The Morgan fingerprint density at radius 3 is 1.20 bits per heavy atom. The van der Waals surface area contributed by atoms with Gasteiger partial charge in [-0.1, -0.05) is 26.7 Å². The highest BCUT2D eigenvalue weighted by Gasteiger charge is 2.34. The molecule has 0 atom stereocenters. The van der Waals surface area contributed by atoms with Gasteiger partial charge in [0.2, 0.25) is 0 Å². The van der Waals surface area contributed by atoms with Crippen LogP contribution in [0.15, 0.2) is 24.3 Å². The molecule has 30 heavy (non-hydrogen) atoms. The molecule has 6 heteroatoms. The van der Waals surface area contributed by atoms with Crippen LogP contribution in [0, 0.1) is 0 Å². The number of benzene rings is 2. The highest BCUT2D eigenvalue weighted by Crippen LogP contribution is 2.37. The van der Waals surface area contributed by atoms with Crippen molar-refractivity contribution in [2.24, 2.45) is 0 Å². The van der Waals surface area contributed by atoms with Crippen LogP contribution in [0.3, 0.4) is 0 Å². The molecule has 0 amide bonds. The van der Waals surface area contributed by atoms with Gasteiger partial charge in [0.25, 0.3) is 0 Å². The Bertz CT molecular complexity index is 1010. The molecular formula is C24H22O6. The highest BCUT2D eigenvalue weighted by atomic mass is 16.6. The molecule has 0 aliphatic carbocycles. The summed E-state index contributed by atoms with van der Waals surface area (Å²) in [6.07, 6.45) is 5.05. The van der Waals surface area contributed by atoms with Crippen LogP contribution in [-0.2, 0) is 22.3 Å². The van der Waals surface area contributed by atoms with E-state index in [1.165, 1.54) is 0 Å². The molecule has 4 bridgehead atoms. The number of unbranched alkanes of at least 4 members (excludes halogenated alkanes) is 2. The van der Waals surface area contributed by atoms with E-state index < -0.39 is 23.9 Å². The maximum Gasteiger partial charge on any atom is 0.346 e. The average Bonchev–Trinajstić information content (AvgIpc) is 2.75. The molecule has 2 aliphatic rings. The molecule has 0 N–H and O–H groups in total. The molecule has 0 saturated heterocycles. The Balaban J connectivity index is 2.11. The van der Waals surface area contributed by atoms with Crippen molar-refractivity contribution in [2.75, 3.05) is 0 Å². The van der Waals surface area contributed by atoms with Gasteiger partial charge < -0.3 is 9.47 Å². The minimum atomic E-state index is -0.923. The summed E-state index contributed by atoms with van der Waals surface area (Å²) in [7, 11) is 0. The van der Waals surface area contributed by atoms with Crippen molar-refractivity contribution in [3.63, 3.8) is 0 Å². The number of hydrogen-bond donors (Lipinski definition) is 0. The first-order chi connectivity index (χ1) is 14.4. The Kier molecular flexibility index (Phi) is 5.24. The van der Waals surface area contributed by atoms with Crippen molar-refractivity contribution in [3.05, 3.63) is 57.6 Å². The van der Waals surface area contributed by atoms with Crippen LogP contribution in [0.4, 0.5) is 0 Å². The number of cyclic esters (lactones) is 2. The lowest BCUT2D eigenvalue weighted by molar-refractivity contribution is 0.0334. The normalized spacial score (nSPS) is 14.6. The van der Waals surface area contributed by atoms with Gasteiger partial charge in [0.1, 0.15) is 0 Å². The van der Waals surface area contributed by atoms with Crippen molar-refractivity contribution >= 4 is 23.9 Å². The van der Waals surface area contributed by atoms with Crippen molar-refractivity contribution < 1.29 is 28.7 Å². The second kappa shape index (κ2) is 7.86. The molecule has 2 heterocycles. The average molecular weight is 406 g/mol. The summed E-state index contributed by atoms with van der Waals surface area (Å²) in [5.41, 5.74) is 3.08. The number of aryl methyl sites for hydroxylation is 2. The van der Waals surface area contributed by atoms with Crippen molar-refractivity contribution in [2.45, 2.75) is 52.4 Å². The van der Waals surface area contributed by atoms with E-state index in [2.05, 4.69) is 13.8 Å². The fraction of sp³-hybridized carbons (Fsp3) is 0.333. The lowest BCUT2D eigenvalue weighted by Crippen LogP contribution is -2.23. The van der Waals surface area contributed by atoms with Crippen molar-refractivity contribution in [1.29, 1.82) is 0 Å². The van der Waals surface area contributed by atoms with Gasteiger partial charge in [-0.3, -0.25) is 0 Å². The Hall–Kier alpha value is -3.28. The molecule has 154 valence electrons. The topological polar surface area (TPSA) is 86.7 Å². The zero-order chi connectivity index (χ0) is 21.4. The maximum atomic E-state index is 12.8. The highest BCUT2D eigenvalue weighted by molar-refractivity contribution is 6.17. The number of carbonyl (C=O) groups is 4. The Morgan fingerprint density at radius 2 is 0.867 bits per heavy atom. The molecule has 0 saturated carbocycles. The van der Waals surface area contributed by atoms with Crippen LogP contribution in [0.5, 0.6) is 0 Å². The van der Waals surface area contributed by atoms with Gasteiger partial charge in [-0.25, -0.2) is 19.2 Å². The molecule has 2 aliphatic heterocycles. The van der Waals surface area contributed by atoms with Gasteiger partial charge >= 0.3 is 23.9 Å². The third-order valence-electron chi connectivity index (χ3n) is 5.63. The van der Waals surface area contributed by atoms with Gasteiger partial charge in [0.15, 0.2) is 0 Å². The van der Waals surface area contributed by atoms with Crippen LogP contribution in [0.25, 0.3) is 11.1 Å². The zero-order valence-corrected chi connectivity index (χ0v) is 17.0. The van der Waals surface area contributed by atoms with Crippen LogP contribution in [0.1, 0.15) is 92.1 Å². The van der Waals surface area contributed by atoms with Gasteiger partial charge in [0, 0.05) is 0 Å². The van der Waals surface area contributed by atoms with Crippen molar-refractivity contribution in [3.8, 4) is 11.1 Å². The van der Waals surface area contributed by atoms with E-state index in [0.717, 1.165) is 47.9 Å². The van der Waals surface area contributed by atoms with E-state index in [4.69, 9.17) is 9.47 Å². The third-order valence-corrected chi connectivity index (χ3v) is 5.63. The molecular weight excluding hydrogens is 384 g/mol. The van der Waals surface area contributed by atoms with Crippen molar-refractivity contribution in [1.82, 2.24) is 0 Å². The molecule has 2 aromatic rings. The van der Waals surface area contributed by atoms with Gasteiger partial charge in [-0.2, -0.15) is 0 Å². The summed E-state index contributed by atoms with van der Waals surface area (Å²) in [5.74, 6) is -3.69. The van der Waals surface area contributed by atoms with E-state index in [9.17, 15) is 19.2 Å². The second-order valence-electron chi connectivity index (χ2n) is 7.67. The third kappa shape index (κ3) is 3.32. The lowest BCUT2D eigenvalue weighted by atomic mass is 9.86. The molecule has 0 radical (unpaired) electrons. The fourth-order valence-electron chi connectivity index (χ4n) is 4.00. The minimum Gasteiger partial charge on any atom is -0.386 e. The van der Waals surface area contributed by atoms with Crippen LogP contribution in [0.2, 0.25) is 0 Å². The molecule has 4 rings (SSSR count). The van der Waals surface area contributed by atoms with Crippen LogP contribution < -0.4 is 0 Å². The lowest BCUT2D eigenvalue weighted by Gasteiger charge is -2.16. The fourth-order valence-corrected chi connectivity index (χ4v) is 4.00. The predicted octanol–water partition coefficient (Wildman–Crippen LogP) is 4.66. The summed E-state index contributed by atoms with van der Waals surface area (Å²) in [5, 5.41) is 0. The quantitative estimate of drug-likeness (QED) is 0.512. The Morgan fingerprint density at radius 1 is 0.533 bits per heavy atom. The molecule has 0 spiro atoms. The number of ether oxygens (including phenoxy) is 2. The van der Waals surface area contributed by atoms with Gasteiger partial charge in [0.05, 0.1) is 22.3 Å². The monoisotopic (exact) mass is 406 g/mol. The summed E-state index contributed by atoms with van der Waals surface area (Å²) in [6, 6.07) is 6.42. The van der Waals surface area contributed by atoms with Crippen LogP contribution in [-0.4, -0.2) is 23.9 Å². The standard InChI is InChI=1S/C24H22O6/c1-3-5-7-13-9-17-19-11-15(13)16-12-20(24(28)30-23(19)27)18(22(26)29-21(17)25)10-14(16)8-6-4-2/h9-12H,3-8H2,1-2H3. The largest absolute Gasteiger partial charge is 0.386 e. The van der Waals surface area contributed by atoms with E-state index in [1.807, 2.05) is 0 Å². The smallest absolute Gasteiger partial charge is 0.346 e. The van der Waals surface area contributed by atoms with Crippen LogP contribution >= 0.6 is 0 Å². The molecule has 6 nitrogen and oxygen atoms in total. The first-order valence-electron chi connectivity index (χ1n) is 10.3. The molecule has 0 fully saturated rings. The van der Waals surface area contributed by atoms with E-state index in [0.29, 0.717) is 12.8 Å². The predicted molar refractivity (Wildman–Crippen MR) is 109 cm³/mol. The summed E-state index contributed by atoms with van der Waals surface area (Å²) in [4.78, 5) is 50.9. The number of fused-ring (bicyclic) bond motifs is 5. The molecule has 2 aromatic carbocycles. The summed E-state index contributed by atoms with van der Waals surface area (Å²) >= 11 is 0. The maximum absolute atomic E-state index is 12.8. The minimum absolute atomic E-state index is 0.0583. The number of carbonyl (C=O) groups excluding carboxylic acids is 4. The van der Waals surface area contributed by atoms with E-state index in [1.54, 1.807) is 24.3 Å². The number of hydrogen-bond acceptors (Lipinski definition) is 6. The SMILES string of the molecule is CCCCc1cc2c3cc1-c1cc(c(cc1CCCC)C(=O)OC2=O)C(=O)OC3=O. The number of esters is 4. The first kappa shape index (κ1) is 20.0. The Labute approximate surface area is 174 Å². The van der Waals surface area contributed by atoms with E-state index >= 15 is 0 Å². The number of rotatable bonds is 6. The van der Waals surface area contributed by atoms with Gasteiger partial charge in [-0.15, -0.1) is 0 Å². The molecule has 0 aromatic heterocycles. The molecule has 0 unspecified atom stereocenters. The van der Waals surface area contributed by atoms with Gasteiger partial charge in [-0.05, 0) is 72.2 Å². The van der Waals surface area contributed by atoms with E-state index in [-0.39, 0.29) is 22.3 Å². The zero-order valence-electron chi connectivity index (χ0n) is 17.0. The second-order valence-corrected chi connectivity index (χ2v) is 7.67. The summed E-state index contributed by atoms with van der Waals surface area (Å²) in [6.45, 7) is 4.14.